The maximum atomic E-state index is 9.72. The lowest BCUT2D eigenvalue weighted by Gasteiger charge is -2.30. The molecule has 0 aromatic carbocycles. The van der Waals surface area contributed by atoms with Gasteiger partial charge in [0, 0.05) is 13.1 Å². The van der Waals surface area contributed by atoms with Crippen molar-refractivity contribution in [2.75, 3.05) is 20.1 Å². The van der Waals surface area contributed by atoms with E-state index in [1.54, 1.807) is 20.1 Å². The second kappa shape index (κ2) is 4.79. The number of hydrogen-bond acceptors (Lipinski definition) is 4. The van der Waals surface area contributed by atoms with E-state index in [0.29, 0.717) is 13.1 Å². The number of rotatable bonds is 5. The highest BCUT2D eigenvalue weighted by atomic mass is 16.3. The van der Waals surface area contributed by atoms with Crippen molar-refractivity contribution in [3.63, 3.8) is 0 Å². The van der Waals surface area contributed by atoms with E-state index in [9.17, 15) is 5.11 Å². The predicted molar refractivity (Wildman–Crippen MR) is 59.4 cm³/mol. The molecule has 1 rings (SSSR count). The molecule has 4 nitrogen and oxygen atoms in total. The minimum absolute atomic E-state index is 0.0198. The molecule has 0 radical (unpaired) electrons. The van der Waals surface area contributed by atoms with Crippen LogP contribution in [0, 0.1) is 0 Å². The molecule has 0 saturated carbocycles. The normalized spacial score (nSPS) is 14.5. The van der Waals surface area contributed by atoms with Crippen molar-refractivity contribution >= 4 is 0 Å². The van der Waals surface area contributed by atoms with Crippen LogP contribution in [-0.4, -0.2) is 35.7 Å². The lowest BCUT2D eigenvalue weighted by molar-refractivity contribution is 0.0291. The largest absolute Gasteiger partial charge is 0.468 e. The summed E-state index contributed by atoms with van der Waals surface area (Å²) in [6.45, 7) is 4.58. The van der Waals surface area contributed by atoms with Crippen molar-refractivity contribution < 1.29 is 9.52 Å². The second-order valence-electron chi connectivity index (χ2n) is 4.49. The zero-order valence-corrected chi connectivity index (χ0v) is 9.60. The lowest BCUT2D eigenvalue weighted by atomic mass is 10.1. The van der Waals surface area contributed by atoms with Crippen molar-refractivity contribution in [1.29, 1.82) is 0 Å². The van der Waals surface area contributed by atoms with Gasteiger partial charge in [-0.3, -0.25) is 4.90 Å². The summed E-state index contributed by atoms with van der Waals surface area (Å²) >= 11 is 0. The van der Waals surface area contributed by atoms with Crippen molar-refractivity contribution in [2.45, 2.75) is 25.5 Å². The Morgan fingerprint density at radius 1 is 1.60 bits per heavy atom. The molecule has 0 fully saturated rings. The zero-order chi connectivity index (χ0) is 11.5. The van der Waals surface area contributed by atoms with Crippen LogP contribution in [0.5, 0.6) is 0 Å². The highest BCUT2D eigenvalue weighted by molar-refractivity contribution is 5.05. The summed E-state index contributed by atoms with van der Waals surface area (Å²) in [7, 11) is 1.93. The van der Waals surface area contributed by atoms with E-state index in [0.717, 1.165) is 5.76 Å². The molecule has 1 unspecified atom stereocenters. The van der Waals surface area contributed by atoms with Gasteiger partial charge in [0.2, 0.25) is 0 Å². The number of furan rings is 1. The number of nitrogens with zero attached hydrogens (tertiary/aromatic N) is 1. The van der Waals surface area contributed by atoms with Crippen LogP contribution < -0.4 is 5.73 Å². The van der Waals surface area contributed by atoms with E-state index in [1.165, 1.54) is 0 Å². The third-order valence-corrected chi connectivity index (χ3v) is 2.26. The number of hydrogen-bond donors (Lipinski definition) is 2. The smallest absolute Gasteiger partial charge is 0.122 e. The SMILES string of the molecule is CN(CC(C)(C)O)C(CN)c1ccco1. The molecule has 0 amide bonds. The highest BCUT2D eigenvalue weighted by Crippen LogP contribution is 2.20. The molecule has 0 aliphatic rings. The first-order chi connectivity index (χ1) is 6.94. The first kappa shape index (κ1) is 12.2. The standard InChI is InChI=1S/C11H20N2O2/c1-11(2,14)8-13(3)9(7-12)10-5-4-6-15-10/h4-6,9,14H,7-8,12H2,1-3H3. The molecule has 0 spiro atoms. The summed E-state index contributed by atoms with van der Waals surface area (Å²) < 4.78 is 5.32. The van der Waals surface area contributed by atoms with E-state index in [-0.39, 0.29) is 6.04 Å². The second-order valence-corrected chi connectivity index (χ2v) is 4.49. The van der Waals surface area contributed by atoms with Crippen LogP contribution in [0.2, 0.25) is 0 Å². The molecule has 1 atom stereocenters. The molecular weight excluding hydrogens is 192 g/mol. The first-order valence-corrected chi connectivity index (χ1v) is 5.10. The monoisotopic (exact) mass is 212 g/mol. The number of aliphatic hydroxyl groups is 1. The van der Waals surface area contributed by atoms with Gasteiger partial charge in [0.25, 0.3) is 0 Å². The van der Waals surface area contributed by atoms with E-state index in [1.807, 2.05) is 24.1 Å². The van der Waals surface area contributed by atoms with Crippen LogP contribution in [0.25, 0.3) is 0 Å². The van der Waals surface area contributed by atoms with Gasteiger partial charge in [0.05, 0.1) is 17.9 Å². The first-order valence-electron chi connectivity index (χ1n) is 5.10. The fraction of sp³-hybridized carbons (Fsp3) is 0.636. The Morgan fingerprint density at radius 3 is 2.67 bits per heavy atom. The van der Waals surface area contributed by atoms with Crippen LogP contribution >= 0.6 is 0 Å². The molecule has 4 heteroatoms. The molecule has 0 bridgehead atoms. The van der Waals surface area contributed by atoms with Gasteiger partial charge < -0.3 is 15.3 Å². The van der Waals surface area contributed by atoms with E-state index >= 15 is 0 Å². The predicted octanol–water partition coefficient (Wildman–Crippen LogP) is 0.982. The summed E-state index contributed by atoms with van der Waals surface area (Å²) in [6, 6.07) is 3.76. The van der Waals surface area contributed by atoms with Gasteiger partial charge in [0.1, 0.15) is 5.76 Å². The van der Waals surface area contributed by atoms with Gasteiger partial charge in [-0.15, -0.1) is 0 Å². The van der Waals surface area contributed by atoms with E-state index in [2.05, 4.69) is 0 Å². The lowest BCUT2D eigenvalue weighted by Crippen LogP contribution is -2.40. The van der Waals surface area contributed by atoms with Crippen molar-refractivity contribution in [2.24, 2.45) is 5.73 Å². The van der Waals surface area contributed by atoms with Crippen LogP contribution in [0.3, 0.4) is 0 Å². The zero-order valence-electron chi connectivity index (χ0n) is 9.60. The van der Waals surface area contributed by atoms with Crippen molar-refractivity contribution in [3.05, 3.63) is 24.2 Å². The molecule has 1 heterocycles. The average molecular weight is 212 g/mol. The topological polar surface area (TPSA) is 62.6 Å². The van der Waals surface area contributed by atoms with Gasteiger partial charge in [-0.2, -0.15) is 0 Å². The van der Waals surface area contributed by atoms with Gasteiger partial charge in [-0.25, -0.2) is 0 Å². The Morgan fingerprint density at radius 2 is 2.27 bits per heavy atom. The summed E-state index contributed by atoms with van der Waals surface area (Å²) in [5.41, 5.74) is 4.97. The van der Waals surface area contributed by atoms with Crippen molar-refractivity contribution in [3.8, 4) is 0 Å². The van der Waals surface area contributed by atoms with Crippen LogP contribution in [0.1, 0.15) is 25.6 Å². The maximum absolute atomic E-state index is 9.72. The summed E-state index contributed by atoms with van der Waals surface area (Å²) in [6.07, 6.45) is 1.63. The fourth-order valence-electron chi connectivity index (χ4n) is 1.71. The summed E-state index contributed by atoms with van der Waals surface area (Å²) in [5.74, 6) is 0.837. The Bertz CT molecular complexity index is 277. The number of nitrogens with two attached hydrogens (primary N) is 1. The average Bonchev–Trinajstić information content (AvgIpc) is 2.54. The molecule has 86 valence electrons. The van der Waals surface area contributed by atoms with Gasteiger partial charge >= 0.3 is 0 Å². The Hall–Kier alpha value is -0.840. The molecule has 15 heavy (non-hydrogen) atoms. The maximum Gasteiger partial charge on any atom is 0.122 e. The Balaban J connectivity index is 2.67. The van der Waals surface area contributed by atoms with Crippen LogP contribution in [0.4, 0.5) is 0 Å². The van der Waals surface area contributed by atoms with Crippen LogP contribution in [0.15, 0.2) is 22.8 Å². The fourth-order valence-corrected chi connectivity index (χ4v) is 1.71. The Labute approximate surface area is 90.7 Å². The Kier molecular flexibility index (Phi) is 3.90. The molecular formula is C11H20N2O2. The molecule has 0 aliphatic carbocycles. The third kappa shape index (κ3) is 3.66. The van der Waals surface area contributed by atoms with E-state index in [4.69, 9.17) is 10.2 Å². The minimum atomic E-state index is -0.727. The quantitative estimate of drug-likeness (QED) is 0.763. The van der Waals surface area contributed by atoms with Gasteiger partial charge in [-0.05, 0) is 33.0 Å². The van der Waals surface area contributed by atoms with E-state index < -0.39 is 5.60 Å². The molecule has 1 aromatic heterocycles. The summed E-state index contributed by atoms with van der Waals surface area (Å²) in [4.78, 5) is 2.00. The minimum Gasteiger partial charge on any atom is -0.468 e. The number of likely N-dealkylation sites (N-methyl/N-ethyl adjacent to an activating group) is 1. The molecule has 0 saturated heterocycles. The molecule has 0 aliphatic heterocycles. The highest BCUT2D eigenvalue weighted by Gasteiger charge is 2.23. The summed E-state index contributed by atoms with van der Waals surface area (Å²) in [5, 5.41) is 9.72. The molecule has 3 N–H and O–H groups in total. The van der Waals surface area contributed by atoms with Gasteiger partial charge in [0.15, 0.2) is 0 Å². The van der Waals surface area contributed by atoms with Crippen LogP contribution in [-0.2, 0) is 0 Å². The van der Waals surface area contributed by atoms with Gasteiger partial charge in [-0.1, -0.05) is 0 Å². The molecule has 1 aromatic rings. The van der Waals surface area contributed by atoms with Crippen molar-refractivity contribution in [1.82, 2.24) is 4.90 Å². The third-order valence-electron chi connectivity index (χ3n) is 2.26.